The Kier molecular flexibility index (Phi) is 5.84. The smallest absolute Gasteiger partial charge is 0.335 e. The maximum Gasteiger partial charge on any atom is 0.335 e. The van der Waals surface area contributed by atoms with Crippen molar-refractivity contribution in [2.24, 2.45) is 0 Å². The molecule has 3 N–H and O–H groups in total. The van der Waals surface area contributed by atoms with Crippen molar-refractivity contribution in [3.8, 4) is 5.88 Å². The number of carbonyl (C=O) groups excluding carboxylic acids is 1. The van der Waals surface area contributed by atoms with Gasteiger partial charge in [0.1, 0.15) is 10.6 Å². The number of rotatable bonds is 4. The molecule has 1 aromatic carbocycles. The van der Waals surface area contributed by atoms with Crippen LogP contribution in [-0.4, -0.2) is 48.4 Å². The molecule has 0 fully saturated rings. The van der Waals surface area contributed by atoms with E-state index in [4.69, 9.17) is 16.3 Å². The number of ether oxygens (including phenoxy) is 1. The second-order valence-corrected chi connectivity index (χ2v) is 9.29. The SMILES string of the molecule is COc1cc(C)nc(NC(=O)NS(=O)(=O)c2cc(Cl)cc3c2[S+]([O-])CCN3)n1. The van der Waals surface area contributed by atoms with Crippen LogP contribution in [0.25, 0.3) is 0 Å². The maximum atomic E-state index is 12.7. The van der Waals surface area contributed by atoms with Gasteiger partial charge in [-0.2, -0.15) is 4.98 Å². The van der Waals surface area contributed by atoms with Gasteiger partial charge < -0.3 is 14.6 Å². The predicted molar refractivity (Wildman–Crippen MR) is 104 cm³/mol. The molecule has 2 aromatic rings. The molecule has 2 heterocycles. The summed E-state index contributed by atoms with van der Waals surface area (Å²) < 4.78 is 44.7. The molecule has 1 aliphatic heterocycles. The first-order chi connectivity index (χ1) is 13.2. The number of amides is 2. The largest absolute Gasteiger partial charge is 0.611 e. The van der Waals surface area contributed by atoms with Crippen molar-refractivity contribution >= 4 is 50.5 Å². The number of aromatic nitrogens is 2. The molecule has 1 unspecified atom stereocenters. The first-order valence-electron chi connectivity index (χ1n) is 7.89. The normalized spacial score (nSPS) is 15.9. The van der Waals surface area contributed by atoms with Crippen molar-refractivity contribution in [2.45, 2.75) is 16.7 Å². The third kappa shape index (κ3) is 4.41. The topological polar surface area (TPSA) is 145 Å². The standard InChI is InChI=1S/C15H16ClN5O5S2/c1-8-5-12(26-2)19-14(18-8)20-15(22)21-28(24,25)11-7-9(16)6-10-13(11)27(23)4-3-17-10/h5-7,17H,3-4H2,1-2H3,(H2,18,19,20,21,22). The van der Waals surface area contributed by atoms with E-state index in [9.17, 15) is 17.8 Å². The molecule has 1 atom stereocenters. The van der Waals surface area contributed by atoms with Gasteiger partial charge >= 0.3 is 6.03 Å². The first-order valence-corrected chi connectivity index (χ1v) is 11.1. The minimum absolute atomic E-state index is 0.0735. The van der Waals surface area contributed by atoms with Gasteiger partial charge in [0.15, 0.2) is 4.90 Å². The molecule has 3 rings (SSSR count). The summed E-state index contributed by atoms with van der Waals surface area (Å²) in [6.07, 6.45) is 0. The van der Waals surface area contributed by atoms with E-state index in [-0.39, 0.29) is 32.4 Å². The second-order valence-electron chi connectivity index (χ2n) is 5.69. The monoisotopic (exact) mass is 445 g/mol. The minimum Gasteiger partial charge on any atom is -0.611 e. The van der Waals surface area contributed by atoms with E-state index in [1.807, 2.05) is 4.72 Å². The van der Waals surface area contributed by atoms with Gasteiger partial charge in [-0.05, 0) is 30.2 Å². The number of nitrogens with one attached hydrogen (secondary N) is 3. The van der Waals surface area contributed by atoms with Gasteiger partial charge in [-0.15, -0.1) is 0 Å². The Labute approximate surface area is 169 Å². The Morgan fingerprint density at radius 2 is 2.11 bits per heavy atom. The lowest BCUT2D eigenvalue weighted by Crippen LogP contribution is -2.36. The molecule has 0 spiro atoms. The van der Waals surface area contributed by atoms with Crippen molar-refractivity contribution in [1.82, 2.24) is 14.7 Å². The molecule has 13 heteroatoms. The Hall–Kier alpha value is -2.28. The number of nitrogens with zero attached hydrogens (tertiary/aromatic N) is 2. The van der Waals surface area contributed by atoms with Crippen LogP contribution in [0.4, 0.5) is 16.4 Å². The molecular weight excluding hydrogens is 430 g/mol. The zero-order chi connectivity index (χ0) is 20.5. The molecule has 0 aliphatic carbocycles. The lowest BCUT2D eigenvalue weighted by atomic mass is 10.3. The number of benzene rings is 1. The lowest BCUT2D eigenvalue weighted by Gasteiger charge is -2.23. The maximum absolute atomic E-state index is 12.7. The molecule has 0 saturated carbocycles. The molecule has 28 heavy (non-hydrogen) atoms. The summed E-state index contributed by atoms with van der Waals surface area (Å²) in [7, 11) is -2.97. The molecule has 1 aromatic heterocycles. The van der Waals surface area contributed by atoms with Crippen molar-refractivity contribution in [3.63, 3.8) is 0 Å². The Bertz CT molecular complexity index is 1030. The summed E-state index contributed by atoms with van der Waals surface area (Å²) >= 11 is 4.43. The molecule has 2 amide bonds. The van der Waals surface area contributed by atoms with Crippen molar-refractivity contribution in [2.75, 3.05) is 30.0 Å². The van der Waals surface area contributed by atoms with E-state index >= 15 is 0 Å². The highest BCUT2D eigenvalue weighted by Crippen LogP contribution is 2.35. The number of hydrogen-bond donors (Lipinski definition) is 3. The molecule has 0 saturated heterocycles. The van der Waals surface area contributed by atoms with Gasteiger partial charge in [-0.3, -0.25) is 5.32 Å². The second kappa shape index (κ2) is 7.99. The zero-order valence-corrected chi connectivity index (χ0v) is 17.2. The van der Waals surface area contributed by atoms with Gasteiger partial charge in [0.2, 0.25) is 11.8 Å². The van der Waals surface area contributed by atoms with E-state index in [2.05, 4.69) is 20.6 Å². The number of hydrogen-bond acceptors (Lipinski definition) is 8. The van der Waals surface area contributed by atoms with Crippen molar-refractivity contribution in [1.29, 1.82) is 0 Å². The van der Waals surface area contributed by atoms with E-state index in [1.165, 1.54) is 13.2 Å². The van der Waals surface area contributed by atoms with E-state index in [0.29, 0.717) is 17.9 Å². The number of carbonyl (C=O) groups is 1. The van der Waals surface area contributed by atoms with E-state index < -0.39 is 27.2 Å². The van der Waals surface area contributed by atoms with Gasteiger partial charge in [-0.25, -0.2) is 22.9 Å². The van der Waals surface area contributed by atoms with Crippen LogP contribution in [0.15, 0.2) is 28.0 Å². The highest BCUT2D eigenvalue weighted by atomic mass is 35.5. The fourth-order valence-electron chi connectivity index (χ4n) is 2.52. The Balaban J connectivity index is 1.87. The lowest BCUT2D eigenvalue weighted by molar-refractivity contribution is 0.256. The summed E-state index contributed by atoms with van der Waals surface area (Å²) in [6.45, 7) is 2.07. The van der Waals surface area contributed by atoms with Crippen LogP contribution in [0, 0.1) is 6.92 Å². The van der Waals surface area contributed by atoms with Crippen LogP contribution in [0.3, 0.4) is 0 Å². The number of halogens is 1. The summed E-state index contributed by atoms with van der Waals surface area (Å²) in [5.74, 6) is 0.305. The third-order valence-corrected chi connectivity index (χ3v) is 6.80. The Morgan fingerprint density at radius 3 is 2.82 bits per heavy atom. The van der Waals surface area contributed by atoms with Crippen LogP contribution in [0.5, 0.6) is 5.88 Å². The number of fused-ring (bicyclic) bond motifs is 1. The highest BCUT2D eigenvalue weighted by Gasteiger charge is 2.33. The first kappa shape index (κ1) is 20.5. The molecule has 0 bridgehead atoms. The molecule has 10 nitrogen and oxygen atoms in total. The molecule has 150 valence electrons. The third-order valence-electron chi connectivity index (χ3n) is 3.63. The van der Waals surface area contributed by atoms with Crippen molar-refractivity contribution in [3.05, 3.63) is 28.9 Å². The van der Waals surface area contributed by atoms with E-state index in [1.54, 1.807) is 13.0 Å². The Morgan fingerprint density at radius 1 is 1.36 bits per heavy atom. The summed E-state index contributed by atoms with van der Waals surface area (Å²) in [5, 5.41) is 5.31. The van der Waals surface area contributed by atoms with Crippen LogP contribution in [0.1, 0.15) is 5.69 Å². The number of anilines is 2. The van der Waals surface area contributed by atoms with Gasteiger partial charge in [-0.1, -0.05) is 11.6 Å². The quantitative estimate of drug-likeness (QED) is 0.600. The van der Waals surface area contributed by atoms with Gasteiger partial charge in [0.25, 0.3) is 10.0 Å². The summed E-state index contributed by atoms with van der Waals surface area (Å²) in [5.41, 5.74) is 0.861. The number of sulfonamides is 1. The fourth-order valence-corrected chi connectivity index (χ4v) is 5.60. The number of methoxy groups -OCH3 is 1. The average molecular weight is 446 g/mol. The van der Waals surface area contributed by atoms with Crippen LogP contribution < -0.4 is 20.1 Å². The fraction of sp³-hybridized carbons (Fsp3) is 0.267. The van der Waals surface area contributed by atoms with Crippen LogP contribution in [-0.2, 0) is 21.2 Å². The minimum atomic E-state index is -4.37. The molecule has 0 radical (unpaired) electrons. The van der Waals surface area contributed by atoms with Crippen LogP contribution >= 0.6 is 11.6 Å². The van der Waals surface area contributed by atoms with Gasteiger partial charge in [0, 0.05) is 16.8 Å². The van der Waals surface area contributed by atoms with E-state index in [0.717, 1.165) is 6.07 Å². The molecular formula is C15H16ClN5O5S2. The number of urea groups is 1. The van der Waals surface area contributed by atoms with Gasteiger partial charge in [0.05, 0.1) is 19.3 Å². The number of aryl methyl sites for hydroxylation is 1. The highest BCUT2D eigenvalue weighted by molar-refractivity contribution is 7.94. The average Bonchev–Trinajstić information content (AvgIpc) is 2.59. The zero-order valence-electron chi connectivity index (χ0n) is 14.8. The molecule has 1 aliphatic rings. The summed E-state index contributed by atoms with van der Waals surface area (Å²) in [4.78, 5) is 19.8. The predicted octanol–water partition coefficient (Wildman–Crippen LogP) is 1.49. The van der Waals surface area contributed by atoms with Crippen LogP contribution in [0.2, 0.25) is 5.02 Å². The van der Waals surface area contributed by atoms with Crippen molar-refractivity contribution < 1.29 is 22.5 Å². The summed E-state index contributed by atoms with van der Waals surface area (Å²) in [6, 6.07) is 3.09.